The Hall–Kier alpha value is -2.32. The minimum absolute atomic E-state index is 0.0590. The van der Waals surface area contributed by atoms with E-state index in [2.05, 4.69) is 4.98 Å². The van der Waals surface area contributed by atoms with Crippen molar-refractivity contribution in [3.8, 4) is 28.6 Å². The van der Waals surface area contributed by atoms with E-state index in [9.17, 15) is 5.02 Å². The van der Waals surface area contributed by atoms with Gasteiger partial charge in [0.05, 0.1) is 26.0 Å². The number of benzene rings is 1. The lowest BCUT2D eigenvalue weighted by Gasteiger charge is -2.17. The van der Waals surface area contributed by atoms with E-state index in [0.717, 1.165) is 29.8 Å². The zero-order chi connectivity index (χ0) is 19.5. The molecule has 1 unspecified atom stereocenters. The molecule has 2 aromatic rings. The summed E-state index contributed by atoms with van der Waals surface area (Å²) in [4.78, 5) is 9.17. The topological polar surface area (TPSA) is 82.9 Å². The van der Waals surface area contributed by atoms with Crippen LogP contribution < -0.4 is 14.2 Å². The largest absolute Gasteiger partial charge is 0.493 e. The first kappa shape index (κ1) is 19.0. The van der Waals surface area contributed by atoms with Gasteiger partial charge in [-0.2, -0.15) is 4.98 Å². The molecule has 0 amide bonds. The lowest BCUT2D eigenvalue weighted by molar-refractivity contribution is 0.201. The second-order valence-electron chi connectivity index (χ2n) is 7.26. The van der Waals surface area contributed by atoms with Crippen LogP contribution in [0.4, 0.5) is 0 Å². The molecule has 0 radical (unpaired) electrons. The Kier molecular flexibility index (Phi) is 5.68. The molecular formula is C20H25BN2O5. The molecule has 1 aliphatic carbocycles. The highest BCUT2D eigenvalue weighted by atomic mass is 16.5. The van der Waals surface area contributed by atoms with E-state index in [-0.39, 0.29) is 12.0 Å². The Labute approximate surface area is 165 Å². The normalized spacial score (nSPS) is 19.8. The number of methoxy groups -OCH3 is 2. The third-order valence-corrected chi connectivity index (χ3v) is 5.33. The highest BCUT2D eigenvalue weighted by Gasteiger charge is 2.32. The molecule has 2 fully saturated rings. The highest BCUT2D eigenvalue weighted by molar-refractivity contribution is 6.43. The molecule has 1 aliphatic heterocycles. The summed E-state index contributed by atoms with van der Waals surface area (Å²) in [6.45, 7) is 0.395. The van der Waals surface area contributed by atoms with Crippen LogP contribution in [0.3, 0.4) is 0 Å². The van der Waals surface area contributed by atoms with Gasteiger partial charge in [-0.15, -0.1) is 0 Å². The first-order valence-corrected chi connectivity index (χ1v) is 9.74. The van der Waals surface area contributed by atoms with Gasteiger partial charge in [0, 0.05) is 24.2 Å². The van der Waals surface area contributed by atoms with Crippen LogP contribution in [0.15, 0.2) is 24.3 Å². The average molecular weight is 384 g/mol. The molecular weight excluding hydrogens is 359 g/mol. The van der Waals surface area contributed by atoms with E-state index in [0.29, 0.717) is 30.4 Å². The molecule has 1 aromatic heterocycles. The summed E-state index contributed by atoms with van der Waals surface area (Å²) in [7, 11) is 2.46. The average Bonchev–Trinajstić information content (AvgIpc) is 3.39. The quantitative estimate of drug-likeness (QED) is 0.767. The number of aromatic nitrogens is 2. The molecule has 2 aliphatic rings. The molecule has 4 rings (SSSR count). The predicted octanol–water partition coefficient (Wildman–Crippen LogP) is 3.08. The summed E-state index contributed by atoms with van der Waals surface area (Å²) in [5.74, 6) is 2.47. The van der Waals surface area contributed by atoms with Crippen LogP contribution in [0.5, 0.6) is 17.4 Å². The maximum absolute atomic E-state index is 9.66. The lowest BCUT2D eigenvalue weighted by atomic mass is 9.82. The maximum atomic E-state index is 9.66. The van der Waals surface area contributed by atoms with E-state index >= 15 is 0 Å². The molecule has 1 aromatic carbocycles. The number of ether oxygens (including phenoxy) is 3. The fraction of sp³-hybridized carbons (Fsp3) is 0.500. The lowest BCUT2D eigenvalue weighted by Crippen LogP contribution is -2.11. The zero-order valence-electron chi connectivity index (χ0n) is 16.3. The summed E-state index contributed by atoms with van der Waals surface area (Å²) < 4.78 is 22.3. The smallest absolute Gasteiger partial charge is 0.454 e. The van der Waals surface area contributed by atoms with Gasteiger partial charge in [0.1, 0.15) is 5.82 Å². The van der Waals surface area contributed by atoms with Gasteiger partial charge in [-0.3, -0.25) is 0 Å². The summed E-state index contributed by atoms with van der Waals surface area (Å²) in [6.07, 6.45) is 5.26. The van der Waals surface area contributed by atoms with E-state index in [1.807, 2.05) is 18.2 Å². The van der Waals surface area contributed by atoms with E-state index in [1.54, 1.807) is 20.3 Å². The number of hydrogen-bond donors (Lipinski definition) is 1. The first-order chi connectivity index (χ1) is 13.7. The SMILES string of the molecule is COc1cc(-c2ccc(OC)c(OC3CCCC3)c2)nc(C2COB(O)C2)n1. The Morgan fingerprint density at radius 2 is 1.89 bits per heavy atom. The summed E-state index contributed by atoms with van der Waals surface area (Å²) in [5, 5.41) is 9.66. The molecule has 7 nitrogen and oxygen atoms in total. The fourth-order valence-electron chi connectivity index (χ4n) is 3.78. The zero-order valence-corrected chi connectivity index (χ0v) is 16.3. The minimum atomic E-state index is -0.768. The van der Waals surface area contributed by atoms with Crippen molar-refractivity contribution in [2.24, 2.45) is 0 Å². The minimum Gasteiger partial charge on any atom is -0.493 e. The van der Waals surface area contributed by atoms with Crippen LogP contribution in [0, 0.1) is 0 Å². The predicted molar refractivity (Wildman–Crippen MR) is 105 cm³/mol. The van der Waals surface area contributed by atoms with Gasteiger partial charge in [0.2, 0.25) is 5.88 Å². The highest BCUT2D eigenvalue weighted by Crippen LogP contribution is 2.36. The fourth-order valence-corrected chi connectivity index (χ4v) is 3.78. The van der Waals surface area contributed by atoms with Crippen LogP contribution in [0.25, 0.3) is 11.3 Å². The van der Waals surface area contributed by atoms with Crippen molar-refractivity contribution in [1.82, 2.24) is 9.97 Å². The molecule has 2 heterocycles. The standard InChI is InChI=1S/C20H25BN2O5/c1-25-17-8-7-13(9-18(17)28-15-5-3-4-6-15)16-10-19(26-2)23-20(22-16)14-11-21(24)27-12-14/h7-10,14-15,24H,3-6,11-12H2,1-2H3. The van der Waals surface area contributed by atoms with Gasteiger partial charge in [-0.25, -0.2) is 4.98 Å². The molecule has 1 N–H and O–H groups in total. The second-order valence-corrected chi connectivity index (χ2v) is 7.26. The van der Waals surface area contributed by atoms with Gasteiger partial charge in [-0.05, 0) is 50.2 Å². The molecule has 148 valence electrons. The van der Waals surface area contributed by atoms with Gasteiger partial charge >= 0.3 is 7.12 Å². The Morgan fingerprint density at radius 1 is 1.07 bits per heavy atom. The van der Waals surface area contributed by atoms with Crippen molar-refractivity contribution in [3.05, 3.63) is 30.1 Å². The summed E-state index contributed by atoms with van der Waals surface area (Å²) in [6, 6.07) is 7.61. The van der Waals surface area contributed by atoms with Crippen molar-refractivity contribution in [2.45, 2.75) is 44.0 Å². The monoisotopic (exact) mass is 384 g/mol. The number of hydrogen-bond acceptors (Lipinski definition) is 7. The van der Waals surface area contributed by atoms with Crippen molar-refractivity contribution in [3.63, 3.8) is 0 Å². The van der Waals surface area contributed by atoms with Crippen LogP contribution in [0.2, 0.25) is 6.32 Å². The van der Waals surface area contributed by atoms with Crippen LogP contribution in [0.1, 0.15) is 37.4 Å². The molecule has 0 bridgehead atoms. The Bertz CT molecular complexity index is 828. The van der Waals surface area contributed by atoms with Crippen molar-refractivity contribution in [1.29, 1.82) is 0 Å². The molecule has 8 heteroatoms. The molecule has 0 spiro atoms. The Morgan fingerprint density at radius 3 is 2.57 bits per heavy atom. The van der Waals surface area contributed by atoms with Gasteiger partial charge in [0.25, 0.3) is 0 Å². The van der Waals surface area contributed by atoms with E-state index < -0.39 is 7.12 Å². The molecule has 1 atom stereocenters. The van der Waals surface area contributed by atoms with Gasteiger partial charge in [0.15, 0.2) is 11.5 Å². The van der Waals surface area contributed by atoms with Gasteiger partial charge in [-0.1, -0.05) is 0 Å². The Balaban J connectivity index is 1.67. The first-order valence-electron chi connectivity index (χ1n) is 9.74. The van der Waals surface area contributed by atoms with Crippen LogP contribution in [-0.4, -0.2) is 49.0 Å². The van der Waals surface area contributed by atoms with Crippen molar-refractivity contribution in [2.75, 3.05) is 20.8 Å². The second kappa shape index (κ2) is 8.37. The van der Waals surface area contributed by atoms with E-state index in [4.69, 9.17) is 23.8 Å². The van der Waals surface area contributed by atoms with Crippen LogP contribution in [-0.2, 0) is 4.65 Å². The van der Waals surface area contributed by atoms with Crippen LogP contribution >= 0.6 is 0 Å². The maximum Gasteiger partial charge on any atom is 0.454 e. The third kappa shape index (κ3) is 4.08. The van der Waals surface area contributed by atoms with Gasteiger partial charge < -0.3 is 23.9 Å². The third-order valence-electron chi connectivity index (χ3n) is 5.33. The molecule has 1 saturated heterocycles. The van der Waals surface area contributed by atoms with Crippen molar-refractivity contribution >= 4 is 7.12 Å². The molecule has 28 heavy (non-hydrogen) atoms. The number of rotatable bonds is 6. The summed E-state index contributed by atoms with van der Waals surface area (Å²) in [5.41, 5.74) is 1.64. The summed E-state index contributed by atoms with van der Waals surface area (Å²) >= 11 is 0. The number of nitrogens with zero attached hydrogens (tertiary/aromatic N) is 2. The molecule has 1 saturated carbocycles. The van der Waals surface area contributed by atoms with Crippen molar-refractivity contribution < 1.29 is 23.9 Å². The van der Waals surface area contributed by atoms with E-state index in [1.165, 1.54) is 12.8 Å².